The van der Waals surface area contributed by atoms with Crippen molar-refractivity contribution in [3.8, 4) is 28.4 Å². The van der Waals surface area contributed by atoms with Crippen LogP contribution in [0.2, 0.25) is 23.2 Å². The number of halogens is 2. The van der Waals surface area contributed by atoms with Gasteiger partial charge in [0.2, 0.25) is 0 Å². The number of nitrogens with zero attached hydrogens (tertiary/aromatic N) is 5. The van der Waals surface area contributed by atoms with Crippen LogP contribution in [0.3, 0.4) is 0 Å². The maximum absolute atomic E-state index is 15.6. The van der Waals surface area contributed by atoms with E-state index in [2.05, 4.69) is 49.2 Å². The molecule has 1 saturated carbocycles. The second kappa shape index (κ2) is 15.8. The lowest BCUT2D eigenvalue weighted by Crippen LogP contribution is -2.49. The number of ether oxygens (including phenoxy) is 2. The first-order valence-corrected chi connectivity index (χ1v) is 21.9. The van der Waals surface area contributed by atoms with Crippen molar-refractivity contribution in [2.75, 3.05) is 38.6 Å². The molecule has 3 heterocycles. The summed E-state index contributed by atoms with van der Waals surface area (Å²) >= 11 is 6.86. The molecule has 53 heavy (non-hydrogen) atoms. The zero-order valence-electron chi connectivity index (χ0n) is 33.5. The first-order chi connectivity index (χ1) is 24.6. The Hall–Kier alpha value is -3.26. The van der Waals surface area contributed by atoms with Gasteiger partial charge in [-0.2, -0.15) is 0 Å². The fourth-order valence-corrected chi connectivity index (χ4v) is 7.80. The minimum absolute atomic E-state index is 0.0625. The first kappa shape index (κ1) is 40.9. The van der Waals surface area contributed by atoms with Gasteiger partial charge in [-0.25, -0.2) is 19.2 Å². The number of likely N-dealkylation sites (N-methyl/N-ethyl adjacent to an activating group) is 1. The van der Waals surface area contributed by atoms with Crippen molar-refractivity contribution < 1.29 is 27.6 Å². The fraction of sp³-hybridized carbons (Fsp3) is 0.641. The maximum Gasteiger partial charge on any atom is 0.410 e. The second-order valence-corrected chi connectivity index (χ2v) is 22.3. The van der Waals surface area contributed by atoms with E-state index in [9.17, 15) is 4.79 Å². The van der Waals surface area contributed by atoms with Crippen molar-refractivity contribution in [2.45, 2.75) is 130 Å². The number of alkyl halides is 1. The molecule has 3 aromatic rings. The molecular weight excluding hydrogens is 715 g/mol. The average Bonchev–Trinajstić information content (AvgIpc) is 3.85. The predicted molar refractivity (Wildman–Crippen MR) is 210 cm³/mol. The van der Waals surface area contributed by atoms with Gasteiger partial charge in [-0.1, -0.05) is 37.5 Å². The van der Waals surface area contributed by atoms with Gasteiger partial charge in [-0.3, -0.25) is 4.90 Å². The number of aryl methyl sites for hydroxylation is 2. The van der Waals surface area contributed by atoms with Gasteiger partial charge >= 0.3 is 6.09 Å². The number of carbonyl (C=O) groups excluding carboxylic acids is 1. The van der Waals surface area contributed by atoms with E-state index in [1.165, 1.54) is 4.90 Å². The average molecular weight is 773 g/mol. The molecule has 1 aliphatic heterocycles. The Bertz CT molecular complexity index is 1750. The van der Waals surface area contributed by atoms with Crippen molar-refractivity contribution in [2.24, 2.45) is 0 Å². The summed E-state index contributed by atoms with van der Waals surface area (Å²) < 4.78 is 39.9. The van der Waals surface area contributed by atoms with Crippen LogP contribution in [0, 0.1) is 20.8 Å². The summed E-state index contributed by atoms with van der Waals surface area (Å²) in [4.78, 5) is 26.7. The number of benzene rings is 1. The quantitative estimate of drug-likeness (QED) is 0.179. The van der Waals surface area contributed by atoms with Gasteiger partial charge in [0.05, 0.1) is 40.7 Å². The third kappa shape index (κ3) is 10.1. The van der Waals surface area contributed by atoms with Crippen molar-refractivity contribution in [1.82, 2.24) is 24.9 Å². The number of likely N-dealkylation sites (tertiary alicyclic amines) is 1. The summed E-state index contributed by atoms with van der Waals surface area (Å²) in [6, 6.07) is 5.47. The van der Waals surface area contributed by atoms with E-state index in [0.717, 1.165) is 30.5 Å². The molecule has 11 nitrogen and oxygen atoms in total. The molecule has 1 N–H and O–H groups in total. The van der Waals surface area contributed by atoms with Gasteiger partial charge in [0.15, 0.2) is 14.1 Å². The van der Waals surface area contributed by atoms with Gasteiger partial charge in [0.25, 0.3) is 0 Å². The molecule has 14 heteroatoms. The molecule has 0 bridgehead atoms. The summed E-state index contributed by atoms with van der Waals surface area (Å²) in [6.45, 7) is 23.7. The number of hydrogen-bond acceptors (Lipinski definition) is 10. The third-order valence-electron chi connectivity index (χ3n) is 10.4. The lowest BCUT2D eigenvalue weighted by Gasteiger charge is -2.40. The Kier molecular flexibility index (Phi) is 12.2. The number of piperidine rings is 1. The standard InChI is InChI=1S/C39H58ClFN6O5Si/c1-23-34(33-24(2)45-51-25(33)3)43-36(44-35(23)42-32-17-18-47(21-31(32)41)26-13-14-26)29-19-27(15-16-30(29)40)49-22-28(52-53(11,12)39(7,8)9)20-46(10)37(48)50-38(4,5)6/h15-16,19,26,28,31-32H,13-14,17-18,20-22H2,1-12H3,(H,42,43,44)/t28?,31-,32+/m1/s1. The van der Waals surface area contributed by atoms with Gasteiger partial charge < -0.3 is 28.6 Å². The monoisotopic (exact) mass is 772 g/mol. The minimum atomic E-state index is -2.26. The normalized spacial score (nSPS) is 19.2. The number of carbonyl (C=O) groups is 1. The molecule has 2 aliphatic rings. The molecule has 1 unspecified atom stereocenters. The molecule has 1 aromatic carbocycles. The highest BCUT2D eigenvalue weighted by Crippen LogP contribution is 2.39. The summed E-state index contributed by atoms with van der Waals surface area (Å²) in [5.74, 6) is 2.04. The molecule has 2 aromatic heterocycles. The van der Waals surface area contributed by atoms with Gasteiger partial charge in [-0.15, -0.1) is 0 Å². The number of anilines is 1. The topological polar surface area (TPSA) is 115 Å². The number of aromatic nitrogens is 3. The van der Waals surface area contributed by atoms with Crippen LogP contribution in [0.4, 0.5) is 15.0 Å². The molecule has 2 fully saturated rings. The number of nitrogens with one attached hydrogen (secondary N) is 1. The highest BCUT2D eigenvalue weighted by atomic mass is 35.5. The molecule has 0 spiro atoms. The van der Waals surface area contributed by atoms with Crippen LogP contribution in [0.15, 0.2) is 22.7 Å². The number of hydrogen-bond donors (Lipinski definition) is 1. The number of amides is 1. The molecule has 1 amide bonds. The largest absolute Gasteiger partial charge is 0.491 e. The van der Waals surface area contributed by atoms with Gasteiger partial charge in [0.1, 0.15) is 35.7 Å². The first-order valence-electron chi connectivity index (χ1n) is 18.6. The molecule has 3 atom stereocenters. The Morgan fingerprint density at radius 2 is 1.83 bits per heavy atom. The highest BCUT2D eigenvalue weighted by molar-refractivity contribution is 6.74. The minimum Gasteiger partial charge on any atom is -0.491 e. The summed E-state index contributed by atoms with van der Waals surface area (Å²) in [6.07, 6.45) is 1.06. The summed E-state index contributed by atoms with van der Waals surface area (Å²) in [5.41, 5.74) is 2.77. The second-order valence-electron chi connectivity index (χ2n) is 17.2. The summed E-state index contributed by atoms with van der Waals surface area (Å²) in [7, 11) is -0.557. The molecule has 1 aliphatic carbocycles. The molecule has 292 valence electrons. The molecule has 5 rings (SSSR count). The maximum atomic E-state index is 15.6. The van der Waals surface area contributed by atoms with Crippen LogP contribution in [-0.4, -0.2) is 103 Å². The number of rotatable bonds is 12. The van der Waals surface area contributed by atoms with E-state index in [1.807, 2.05) is 41.5 Å². The van der Waals surface area contributed by atoms with Crippen LogP contribution in [0.1, 0.15) is 77.8 Å². The van der Waals surface area contributed by atoms with Crippen LogP contribution >= 0.6 is 11.6 Å². The van der Waals surface area contributed by atoms with Crippen molar-refractivity contribution >= 4 is 31.8 Å². The Morgan fingerprint density at radius 3 is 2.42 bits per heavy atom. The van der Waals surface area contributed by atoms with Crippen LogP contribution in [0.5, 0.6) is 5.75 Å². The van der Waals surface area contributed by atoms with Gasteiger partial charge in [0, 0.05) is 37.3 Å². The lowest BCUT2D eigenvalue weighted by molar-refractivity contribution is 0.0172. The Morgan fingerprint density at radius 1 is 1.13 bits per heavy atom. The third-order valence-corrected chi connectivity index (χ3v) is 15.3. The molecule has 1 saturated heterocycles. The zero-order valence-corrected chi connectivity index (χ0v) is 35.3. The van der Waals surface area contributed by atoms with Gasteiger partial charge in [-0.05, 0) is 97.1 Å². The van der Waals surface area contributed by atoms with Crippen LogP contribution < -0.4 is 10.1 Å². The van der Waals surface area contributed by atoms with E-state index < -0.39 is 38.3 Å². The van der Waals surface area contributed by atoms with Crippen LogP contribution in [-0.2, 0) is 9.16 Å². The lowest BCUT2D eigenvalue weighted by atomic mass is 10.0. The molecular formula is C39H58ClFN6O5Si. The van der Waals surface area contributed by atoms with E-state index in [0.29, 0.717) is 64.1 Å². The SMILES string of the molecule is Cc1noc(C)c1-c1nc(-c2cc(OCC(CN(C)C(=O)OC(C)(C)C)O[Si](C)(C)C(C)(C)C)ccc2Cl)nc(N[C@H]2CCN(C3CC3)C[C@H]2F)c1C. The highest BCUT2D eigenvalue weighted by Gasteiger charge is 2.40. The van der Waals surface area contributed by atoms with E-state index in [4.69, 9.17) is 40.0 Å². The van der Waals surface area contributed by atoms with E-state index in [-0.39, 0.29) is 18.2 Å². The molecule has 0 radical (unpaired) electrons. The van der Waals surface area contributed by atoms with E-state index in [1.54, 1.807) is 25.2 Å². The fourth-order valence-electron chi connectivity index (χ4n) is 6.27. The van der Waals surface area contributed by atoms with Crippen molar-refractivity contribution in [1.29, 1.82) is 0 Å². The Balaban J connectivity index is 1.45. The predicted octanol–water partition coefficient (Wildman–Crippen LogP) is 9.00. The Labute approximate surface area is 320 Å². The van der Waals surface area contributed by atoms with Crippen LogP contribution in [0.25, 0.3) is 22.6 Å². The van der Waals surface area contributed by atoms with E-state index >= 15 is 4.39 Å². The summed E-state index contributed by atoms with van der Waals surface area (Å²) in [5, 5.41) is 7.99. The zero-order chi connectivity index (χ0) is 39.0. The van der Waals surface area contributed by atoms with Crippen molar-refractivity contribution in [3.63, 3.8) is 0 Å². The van der Waals surface area contributed by atoms with Crippen molar-refractivity contribution in [3.05, 3.63) is 40.2 Å². The smallest absolute Gasteiger partial charge is 0.410 e.